The van der Waals surface area contributed by atoms with Gasteiger partial charge in [-0.25, -0.2) is 18.2 Å². The van der Waals surface area contributed by atoms with Gasteiger partial charge in [-0.05, 0) is 44.2 Å². The van der Waals surface area contributed by atoms with Gasteiger partial charge in [0.25, 0.3) is 5.91 Å². The fourth-order valence-electron chi connectivity index (χ4n) is 3.36. The quantitative estimate of drug-likeness (QED) is 0.561. The Hall–Kier alpha value is -2.53. The largest absolute Gasteiger partial charge is 0.327 e. The summed E-state index contributed by atoms with van der Waals surface area (Å²) in [6, 6.07) is 10.7. The SMILES string of the molecule is CC(C)N1CC(S(=O)(=O)c2ccc3nc(NC(=O)NC(=O)c4ccccc4Cl)sc3c2)C1. The maximum atomic E-state index is 12.9. The number of hydrogen-bond acceptors (Lipinski definition) is 7. The molecule has 0 saturated carbocycles. The van der Waals surface area contributed by atoms with Crippen LogP contribution in [0.1, 0.15) is 24.2 Å². The first kappa shape index (κ1) is 22.7. The maximum Gasteiger partial charge on any atom is 0.327 e. The molecular weight excluding hydrogens is 472 g/mol. The van der Waals surface area contributed by atoms with Crippen LogP contribution in [0, 0.1) is 0 Å². The third-order valence-corrected chi connectivity index (χ3v) is 8.65. The molecule has 168 valence electrons. The zero-order valence-corrected chi connectivity index (χ0v) is 19.7. The molecule has 0 spiro atoms. The van der Waals surface area contributed by atoms with Crippen molar-refractivity contribution in [2.24, 2.45) is 0 Å². The second-order valence-corrected chi connectivity index (χ2v) is 11.4. The number of aromatic nitrogens is 1. The summed E-state index contributed by atoms with van der Waals surface area (Å²) >= 11 is 7.10. The van der Waals surface area contributed by atoms with Crippen molar-refractivity contribution in [2.75, 3.05) is 18.4 Å². The highest BCUT2D eigenvalue weighted by molar-refractivity contribution is 7.92. The molecule has 0 bridgehead atoms. The number of sulfone groups is 1. The number of benzene rings is 2. The fraction of sp³-hybridized carbons (Fsp3) is 0.286. The predicted molar refractivity (Wildman–Crippen MR) is 125 cm³/mol. The van der Waals surface area contributed by atoms with Gasteiger partial charge in [-0.2, -0.15) is 0 Å². The molecule has 3 amide bonds. The second kappa shape index (κ2) is 8.78. The van der Waals surface area contributed by atoms with E-state index in [0.717, 1.165) is 11.3 Å². The Kier molecular flexibility index (Phi) is 6.22. The summed E-state index contributed by atoms with van der Waals surface area (Å²) in [5.41, 5.74) is 0.731. The van der Waals surface area contributed by atoms with Crippen LogP contribution in [0.5, 0.6) is 0 Å². The second-order valence-electron chi connectivity index (χ2n) is 7.75. The van der Waals surface area contributed by atoms with Crippen LogP contribution in [0.2, 0.25) is 5.02 Å². The van der Waals surface area contributed by atoms with E-state index in [0.29, 0.717) is 29.3 Å². The van der Waals surface area contributed by atoms with Gasteiger partial charge in [-0.15, -0.1) is 0 Å². The van der Waals surface area contributed by atoms with Crippen molar-refractivity contribution >= 4 is 60.1 Å². The maximum absolute atomic E-state index is 12.9. The van der Waals surface area contributed by atoms with E-state index in [2.05, 4.69) is 20.5 Å². The Morgan fingerprint density at radius 2 is 1.91 bits per heavy atom. The molecule has 4 rings (SSSR count). The number of fused-ring (bicyclic) bond motifs is 1. The van der Waals surface area contributed by atoms with E-state index in [4.69, 9.17) is 11.6 Å². The first-order chi connectivity index (χ1) is 15.1. The smallest absolute Gasteiger partial charge is 0.298 e. The number of thiazole rings is 1. The van der Waals surface area contributed by atoms with Crippen molar-refractivity contribution in [1.29, 1.82) is 0 Å². The molecule has 3 aromatic rings. The van der Waals surface area contributed by atoms with Crippen LogP contribution in [0.3, 0.4) is 0 Å². The van der Waals surface area contributed by atoms with Crippen LogP contribution >= 0.6 is 22.9 Å². The molecule has 0 aliphatic carbocycles. The molecule has 11 heteroatoms. The van der Waals surface area contributed by atoms with Gasteiger partial charge in [0, 0.05) is 19.1 Å². The van der Waals surface area contributed by atoms with E-state index in [1.807, 2.05) is 13.8 Å². The highest BCUT2D eigenvalue weighted by atomic mass is 35.5. The van der Waals surface area contributed by atoms with Crippen LogP contribution in [0.25, 0.3) is 10.2 Å². The van der Waals surface area contributed by atoms with Gasteiger partial charge in [0.1, 0.15) is 0 Å². The predicted octanol–water partition coefficient (Wildman–Crippen LogP) is 3.78. The first-order valence-electron chi connectivity index (χ1n) is 9.90. The van der Waals surface area contributed by atoms with E-state index in [-0.39, 0.29) is 20.6 Å². The summed E-state index contributed by atoms with van der Waals surface area (Å²) in [5.74, 6) is -0.640. The molecule has 2 N–H and O–H groups in total. The number of hydrogen-bond donors (Lipinski definition) is 2. The van der Waals surface area contributed by atoms with Gasteiger partial charge >= 0.3 is 6.03 Å². The lowest BCUT2D eigenvalue weighted by molar-refractivity contribution is 0.0967. The minimum absolute atomic E-state index is 0.176. The lowest BCUT2D eigenvalue weighted by Gasteiger charge is -2.41. The van der Waals surface area contributed by atoms with Crippen molar-refractivity contribution < 1.29 is 18.0 Å². The van der Waals surface area contributed by atoms with Crippen LogP contribution in [-0.2, 0) is 9.84 Å². The highest BCUT2D eigenvalue weighted by Gasteiger charge is 2.39. The van der Waals surface area contributed by atoms with Crippen LogP contribution in [-0.4, -0.2) is 54.6 Å². The Bertz CT molecular complexity index is 1300. The Labute approximate surface area is 194 Å². The Morgan fingerprint density at radius 1 is 1.19 bits per heavy atom. The minimum Gasteiger partial charge on any atom is -0.298 e. The molecule has 1 aliphatic heterocycles. The van der Waals surface area contributed by atoms with Crippen LogP contribution in [0.15, 0.2) is 47.4 Å². The lowest BCUT2D eigenvalue weighted by Crippen LogP contribution is -2.56. The molecule has 32 heavy (non-hydrogen) atoms. The van der Waals surface area contributed by atoms with Gasteiger partial charge in [-0.1, -0.05) is 35.1 Å². The highest BCUT2D eigenvalue weighted by Crippen LogP contribution is 2.31. The number of urea groups is 1. The van der Waals surface area contributed by atoms with Crippen molar-refractivity contribution in [2.45, 2.75) is 30.0 Å². The zero-order valence-electron chi connectivity index (χ0n) is 17.3. The molecule has 8 nitrogen and oxygen atoms in total. The number of likely N-dealkylation sites (tertiary alicyclic amines) is 1. The zero-order chi connectivity index (χ0) is 23.0. The topological polar surface area (TPSA) is 108 Å². The van der Waals surface area contributed by atoms with Gasteiger partial charge < -0.3 is 0 Å². The number of nitrogens with one attached hydrogen (secondary N) is 2. The number of carbonyl (C=O) groups is 2. The summed E-state index contributed by atoms with van der Waals surface area (Å²) in [5, 5.41) is 4.77. The monoisotopic (exact) mass is 492 g/mol. The Balaban J connectivity index is 1.46. The summed E-state index contributed by atoms with van der Waals surface area (Å²) in [4.78, 5) is 31.1. The summed E-state index contributed by atoms with van der Waals surface area (Å²) in [7, 11) is -3.44. The van der Waals surface area contributed by atoms with Crippen LogP contribution in [0.4, 0.5) is 9.93 Å². The first-order valence-corrected chi connectivity index (χ1v) is 12.6. The number of rotatable bonds is 5. The third-order valence-electron chi connectivity index (χ3n) is 5.30. The van der Waals surface area contributed by atoms with E-state index >= 15 is 0 Å². The molecule has 2 heterocycles. The fourth-order valence-corrected chi connectivity index (χ4v) is 6.26. The lowest BCUT2D eigenvalue weighted by atomic mass is 10.1. The normalized spacial score (nSPS) is 15.0. The molecule has 2 aromatic carbocycles. The molecule has 0 unspecified atom stereocenters. The molecule has 0 atom stereocenters. The third kappa shape index (κ3) is 4.49. The Morgan fingerprint density at radius 3 is 2.59 bits per heavy atom. The summed E-state index contributed by atoms with van der Waals surface area (Å²) < 4.78 is 26.5. The van der Waals surface area contributed by atoms with Crippen LogP contribution < -0.4 is 10.6 Å². The molecule has 0 radical (unpaired) electrons. The number of carbonyl (C=O) groups excluding carboxylic acids is 2. The van der Waals surface area contributed by atoms with Gasteiger partial charge in [0.2, 0.25) is 0 Å². The number of anilines is 1. The number of amides is 3. The van der Waals surface area contributed by atoms with Crippen molar-refractivity contribution in [3.63, 3.8) is 0 Å². The average molecular weight is 493 g/mol. The molecule has 1 aromatic heterocycles. The number of halogens is 1. The van der Waals surface area contributed by atoms with Gasteiger partial charge in [-0.3, -0.25) is 20.3 Å². The van der Waals surface area contributed by atoms with E-state index < -0.39 is 27.0 Å². The summed E-state index contributed by atoms with van der Waals surface area (Å²) in [6.07, 6.45) is 0. The van der Waals surface area contributed by atoms with Crippen molar-refractivity contribution in [3.8, 4) is 0 Å². The van der Waals surface area contributed by atoms with E-state index in [1.165, 1.54) is 6.07 Å². The average Bonchev–Trinajstić information content (AvgIpc) is 3.07. The molecule has 1 saturated heterocycles. The summed E-state index contributed by atoms with van der Waals surface area (Å²) in [6.45, 7) is 5.12. The number of imide groups is 1. The number of nitrogens with zero attached hydrogens (tertiary/aromatic N) is 2. The van der Waals surface area contributed by atoms with Crippen molar-refractivity contribution in [1.82, 2.24) is 15.2 Å². The molecule has 1 aliphatic rings. The molecular formula is C21H21ClN4O4S2. The standard InChI is InChI=1S/C21H21ClN4O4S2/c1-12(2)26-10-14(11-26)32(29,30)13-7-8-17-18(9-13)31-21(23-17)25-20(28)24-19(27)15-5-3-4-6-16(15)22/h3-9,12,14H,10-11H2,1-2H3,(H2,23,24,25,27,28). The minimum atomic E-state index is -3.44. The van der Waals surface area contributed by atoms with E-state index in [1.54, 1.807) is 36.4 Å². The van der Waals surface area contributed by atoms with Crippen molar-refractivity contribution in [3.05, 3.63) is 53.1 Å². The van der Waals surface area contributed by atoms with E-state index in [9.17, 15) is 18.0 Å². The molecule has 1 fully saturated rings. The van der Waals surface area contributed by atoms with Gasteiger partial charge in [0.05, 0.1) is 30.9 Å². The van der Waals surface area contributed by atoms with Gasteiger partial charge in [0.15, 0.2) is 15.0 Å².